The Hall–Kier alpha value is -0.120. The van der Waals surface area contributed by atoms with Crippen LogP contribution in [0.3, 0.4) is 0 Å². The van der Waals surface area contributed by atoms with E-state index in [4.69, 9.17) is 0 Å². The second-order valence-electron chi connectivity index (χ2n) is 6.29. The average molecular weight is 237 g/mol. The summed E-state index contributed by atoms with van der Waals surface area (Å²) in [6.07, 6.45) is 7.19. The summed E-state index contributed by atoms with van der Waals surface area (Å²) < 4.78 is 0. The van der Waals surface area contributed by atoms with E-state index in [2.05, 4.69) is 22.2 Å². The van der Waals surface area contributed by atoms with Crippen LogP contribution in [0.2, 0.25) is 0 Å². The number of likely N-dealkylation sites (tertiary alicyclic amines) is 1. The average Bonchev–Trinajstić information content (AvgIpc) is 3.17. The molecule has 0 bridgehead atoms. The van der Waals surface area contributed by atoms with Gasteiger partial charge in [-0.2, -0.15) is 0 Å². The van der Waals surface area contributed by atoms with Gasteiger partial charge in [0.25, 0.3) is 0 Å². The normalized spacial score (nSPS) is 37.2. The minimum Gasteiger partial charge on any atom is -0.311 e. The quantitative estimate of drug-likeness (QED) is 0.794. The van der Waals surface area contributed by atoms with Crippen molar-refractivity contribution < 1.29 is 0 Å². The molecule has 1 N–H and O–H groups in total. The Morgan fingerprint density at radius 3 is 2.76 bits per heavy atom. The SMILES string of the molecule is CN1CCCCC1CN1CCNC(C2CC2)C1. The molecule has 0 aromatic rings. The molecule has 3 nitrogen and oxygen atoms in total. The molecule has 2 atom stereocenters. The Morgan fingerprint density at radius 2 is 2.00 bits per heavy atom. The first-order chi connectivity index (χ1) is 8.33. The van der Waals surface area contributed by atoms with Crippen LogP contribution in [0.4, 0.5) is 0 Å². The van der Waals surface area contributed by atoms with Crippen LogP contribution in [0.15, 0.2) is 0 Å². The van der Waals surface area contributed by atoms with Crippen LogP contribution in [0, 0.1) is 5.92 Å². The molecule has 2 heterocycles. The number of likely N-dealkylation sites (N-methyl/N-ethyl adjacent to an activating group) is 1. The predicted molar refractivity (Wildman–Crippen MR) is 71.2 cm³/mol. The summed E-state index contributed by atoms with van der Waals surface area (Å²) in [5, 5.41) is 3.70. The largest absolute Gasteiger partial charge is 0.311 e. The number of piperazine rings is 1. The highest BCUT2D eigenvalue weighted by Gasteiger charge is 2.34. The molecule has 3 aliphatic rings. The maximum atomic E-state index is 3.70. The van der Waals surface area contributed by atoms with Crippen LogP contribution in [0.5, 0.6) is 0 Å². The zero-order valence-corrected chi connectivity index (χ0v) is 11.2. The van der Waals surface area contributed by atoms with Crippen LogP contribution in [-0.4, -0.2) is 61.7 Å². The third-order valence-electron chi connectivity index (χ3n) is 4.87. The smallest absolute Gasteiger partial charge is 0.0223 e. The van der Waals surface area contributed by atoms with Crippen LogP contribution < -0.4 is 5.32 Å². The second-order valence-corrected chi connectivity index (χ2v) is 6.29. The number of hydrogen-bond acceptors (Lipinski definition) is 3. The molecular formula is C14H27N3. The summed E-state index contributed by atoms with van der Waals surface area (Å²) in [5.41, 5.74) is 0. The summed E-state index contributed by atoms with van der Waals surface area (Å²) in [5.74, 6) is 1.00. The van der Waals surface area contributed by atoms with Gasteiger partial charge in [0, 0.05) is 38.3 Å². The van der Waals surface area contributed by atoms with E-state index in [0.29, 0.717) is 0 Å². The molecule has 2 unspecified atom stereocenters. The lowest BCUT2D eigenvalue weighted by atomic mass is 10.0. The summed E-state index contributed by atoms with van der Waals surface area (Å²) in [7, 11) is 2.31. The van der Waals surface area contributed by atoms with E-state index < -0.39 is 0 Å². The standard InChI is InChI=1S/C14H27N3/c1-16-8-3-2-4-13(16)10-17-9-7-15-14(11-17)12-5-6-12/h12-15H,2-11H2,1H3. The highest BCUT2D eigenvalue weighted by molar-refractivity contribution is 4.92. The molecule has 3 fully saturated rings. The Balaban J connectivity index is 1.49. The van der Waals surface area contributed by atoms with Crippen LogP contribution >= 0.6 is 0 Å². The Bertz CT molecular complexity index is 252. The third-order valence-corrected chi connectivity index (χ3v) is 4.87. The van der Waals surface area contributed by atoms with E-state index in [1.165, 1.54) is 64.8 Å². The van der Waals surface area contributed by atoms with Gasteiger partial charge in [0.1, 0.15) is 0 Å². The van der Waals surface area contributed by atoms with Crippen molar-refractivity contribution in [2.75, 3.05) is 39.8 Å². The first kappa shape index (κ1) is 11.9. The van der Waals surface area contributed by atoms with Crippen molar-refractivity contribution in [3.63, 3.8) is 0 Å². The lowest BCUT2D eigenvalue weighted by molar-refractivity contribution is 0.105. The Morgan fingerprint density at radius 1 is 1.12 bits per heavy atom. The summed E-state index contributed by atoms with van der Waals surface area (Å²) in [6.45, 7) is 6.38. The number of nitrogens with zero attached hydrogens (tertiary/aromatic N) is 2. The molecule has 0 radical (unpaired) electrons. The second kappa shape index (κ2) is 5.25. The van der Waals surface area contributed by atoms with E-state index in [9.17, 15) is 0 Å². The molecule has 17 heavy (non-hydrogen) atoms. The van der Waals surface area contributed by atoms with Crippen molar-refractivity contribution in [3.8, 4) is 0 Å². The predicted octanol–water partition coefficient (Wildman–Crippen LogP) is 1.15. The van der Waals surface area contributed by atoms with Gasteiger partial charge in [0.2, 0.25) is 0 Å². The fourth-order valence-corrected chi connectivity index (χ4v) is 3.50. The highest BCUT2D eigenvalue weighted by Crippen LogP contribution is 2.33. The van der Waals surface area contributed by atoms with Crippen molar-refractivity contribution in [2.45, 2.75) is 44.2 Å². The van der Waals surface area contributed by atoms with E-state index in [1.54, 1.807) is 0 Å². The molecule has 2 aliphatic heterocycles. The summed E-state index contributed by atoms with van der Waals surface area (Å²) in [4.78, 5) is 5.30. The zero-order valence-electron chi connectivity index (χ0n) is 11.2. The van der Waals surface area contributed by atoms with Gasteiger partial charge < -0.3 is 10.2 Å². The lowest BCUT2D eigenvalue weighted by Gasteiger charge is -2.40. The molecule has 1 aliphatic carbocycles. The minimum absolute atomic E-state index is 0.803. The van der Waals surface area contributed by atoms with Gasteiger partial charge in [0.15, 0.2) is 0 Å². The molecular weight excluding hydrogens is 210 g/mol. The van der Waals surface area contributed by atoms with Crippen LogP contribution in [0.1, 0.15) is 32.1 Å². The van der Waals surface area contributed by atoms with Crippen molar-refractivity contribution >= 4 is 0 Å². The maximum absolute atomic E-state index is 3.70. The van der Waals surface area contributed by atoms with Crippen molar-refractivity contribution in [2.24, 2.45) is 5.92 Å². The lowest BCUT2D eigenvalue weighted by Crippen LogP contribution is -2.55. The third kappa shape index (κ3) is 3.01. The van der Waals surface area contributed by atoms with Gasteiger partial charge in [-0.25, -0.2) is 0 Å². The van der Waals surface area contributed by atoms with Crippen LogP contribution in [-0.2, 0) is 0 Å². The van der Waals surface area contributed by atoms with Gasteiger partial charge in [-0.3, -0.25) is 4.90 Å². The number of piperidine rings is 1. The van der Waals surface area contributed by atoms with Gasteiger partial charge in [-0.1, -0.05) is 6.42 Å². The number of hydrogen-bond donors (Lipinski definition) is 1. The van der Waals surface area contributed by atoms with Crippen molar-refractivity contribution in [1.29, 1.82) is 0 Å². The summed E-state index contributed by atoms with van der Waals surface area (Å²) in [6, 6.07) is 1.62. The maximum Gasteiger partial charge on any atom is 0.0223 e. The molecule has 0 spiro atoms. The zero-order chi connectivity index (χ0) is 11.7. The fraction of sp³-hybridized carbons (Fsp3) is 1.00. The van der Waals surface area contributed by atoms with Gasteiger partial charge in [-0.15, -0.1) is 0 Å². The number of rotatable bonds is 3. The highest BCUT2D eigenvalue weighted by atomic mass is 15.2. The van der Waals surface area contributed by atoms with Crippen molar-refractivity contribution in [3.05, 3.63) is 0 Å². The van der Waals surface area contributed by atoms with E-state index in [-0.39, 0.29) is 0 Å². The van der Waals surface area contributed by atoms with Crippen LogP contribution in [0.25, 0.3) is 0 Å². The Labute approximate surface area is 106 Å². The minimum atomic E-state index is 0.803. The Kier molecular flexibility index (Phi) is 3.69. The van der Waals surface area contributed by atoms with Crippen molar-refractivity contribution in [1.82, 2.24) is 15.1 Å². The topological polar surface area (TPSA) is 18.5 Å². The number of nitrogens with one attached hydrogen (secondary N) is 1. The molecule has 3 heteroatoms. The first-order valence-electron chi connectivity index (χ1n) is 7.49. The molecule has 98 valence electrons. The molecule has 2 saturated heterocycles. The molecule has 3 rings (SSSR count). The van der Waals surface area contributed by atoms with E-state index in [1.807, 2.05) is 0 Å². The van der Waals surface area contributed by atoms with E-state index in [0.717, 1.165) is 18.0 Å². The molecule has 0 aromatic carbocycles. The van der Waals surface area contributed by atoms with E-state index >= 15 is 0 Å². The molecule has 0 amide bonds. The molecule has 1 saturated carbocycles. The first-order valence-corrected chi connectivity index (χ1v) is 7.49. The summed E-state index contributed by atoms with van der Waals surface area (Å²) >= 11 is 0. The monoisotopic (exact) mass is 237 g/mol. The fourth-order valence-electron chi connectivity index (χ4n) is 3.50. The van der Waals surface area contributed by atoms with Gasteiger partial charge in [-0.05, 0) is 45.2 Å². The van der Waals surface area contributed by atoms with Gasteiger partial charge >= 0.3 is 0 Å². The van der Waals surface area contributed by atoms with Gasteiger partial charge in [0.05, 0.1) is 0 Å². The molecule has 0 aromatic heterocycles.